The molecule has 0 radical (unpaired) electrons. The van der Waals surface area contributed by atoms with Gasteiger partial charge in [-0.05, 0) is 67.2 Å². The zero-order valence-electron chi connectivity index (χ0n) is 17.3. The maximum atomic E-state index is 13.1. The monoisotopic (exact) mass is 424 g/mol. The van der Waals surface area contributed by atoms with E-state index >= 15 is 0 Å². The molecule has 0 bridgehead atoms. The van der Waals surface area contributed by atoms with Gasteiger partial charge in [0.05, 0.1) is 19.4 Å². The number of thiocarbonyl (C=S) groups is 1. The third-order valence-electron chi connectivity index (χ3n) is 4.52. The Hall–Kier alpha value is -3.32. The lowest BCUT2D eigenvalue weighted by Gasteiger charge is -2.16. The third-order valence-corrected chi connectivity index (χ3v) is 4.97. The van der Waals surface area contributed by atoms with E-state index in [1.165, 1.54) is 4.90 Å². The van der Waals surface area contributed by atoms with E-state index in [4.69, 9.17) is 26.4 Å². The van der Waals surface area contributed by atoms with Gasteiger partial charge in [-0.1, -0.05) is 18.7 Å². The van der Waals surface area contributed by atoms with Crippen molar-refractivity contribution in [3.05, 3.63) is 66.4 Å². The highest BCUT2D eigenvalue weighted by molar-refractivity contribution is 7.80. The summed E-state index contributed by atoms with van der Waals surface area (Å²) in [5.41, 5.74) is 1.95. The minimum Gasteiger partial charge on any atom is -0.494 e. The Morgan fingerprint density at radius 1 is 1.10 bits per heavy atom. The molecule has 156 valence electrons. The van der Waals surface area contributed by atoms with Crippen LogP contribution in [0, 0.1) is 0 Å². The molecule has 0 N–H and O–H groups in total. The van der Waals surface area contributed by atoms with Gasteiger partial charge in [-0.15, -0.1) is 0 Å². The fourth-order valence-corrected chi connectivity index (χ4v) is 3.33. The Balaban J connectivity index is 1.89. The molecule has 7 heteroatoms. The Morgan fingerprint density at radius 2 is 1.83 bits per heavy atom. The standard InChI is InChI=1S/C23H24N2O4S/c1-5-13-29-20-12-7-16(15-21(20)27-4)14-19-22(26)25(23(30)24(19)3)17-8-10-18(11-9-17)28-6-2/h5,7-12,14-15H,1,6,13H2,2-4H3/b19-14-. The molecule has 1 heterocycles. The third kappa shape index (κ3) is 4.31. The van der Waals surface area contributed by atoms with E-state index in [9.17, 15) is 4.79 Å². The quantitative estimate of drug-likeness (QED) is 0.359. The number of carbonyl (C=O) groups excluding carboxylic acids is 1. The second-order valence-electron chi connectivity index (χ2n) is 6.45. The van der Waals surface area contributed by atoms with Crippen molar-refractivity contribution in [3.8, 4) is 17.2 Å². The fourth-order valence-electron chi connectivity index (χ4n) is 3.04. The molecule has 0 aliphatic carbocycles. The first kappa shape index (κ1) is 21.4. The minimum absolute atomic E-state index is 0.197. The predicted molar refractivity (Wildman–Crippen MR) is 122 cm³/mol. The molecule has 30 heavy (non-hydrogen) atoms. The van der Waals surface area contributed by atoms with Crippen molar-refractivity contribution in [2.24, 2.45) is 0 Å². The van der Waals surface area contributed by atoms with Crippen LogP contribution >= 0.6 is 12.2 Å². The van der Waals surface area contributed by atoms with Crippen LogP contribution in [-0.2, 0) is 4.79 Å². The van der Waals surface area contributed by atoms with Gasteiger partial charge in [0.2, 0.25) is 0 Å². The highest BCUT2D eigenvalue weighted by Gasteiger charge is 2.36. The largest absolute Gasteiger partial charge is 0.494 e. The number of benzene rings is 2. The first-order chi connectivity index (χ1) is 14.5. The van der Waals surface area contributed by atoms with Gasteiger partial charge < -0.3 is 19.1 Å². The predicted octanol–water partition coefficient (Wildman–Crippen LogP) is 4.26. The molecule has 0 spiro atoms. The van der Waals surface area contributed by atoms with Crippen molar-refractivity contribution in [2.45, 2.75) is 6.92 Å². The van der Waals surface area contributed by atoms with E-state index in [-0.39, 0.29) is 5.91 Å². The Labute approximate surface area is 181 Å². The minimum atomic E-state index is -0.197. The first-order valence-electron chi connectivity index (χ1n) is 9.48. The number of anilines is 1. The van der Waals surface area contributed by atoms with Crippen LogP contribution in [0.5, 0.6) is 17.2 Å². The highest BCUT2D eigenvalue weighted by Crippen LogP contribution is 2.32. The summed E-state index contributed by atoms with van der Waals surface area (Å²) in [6, 6.07) is 12.8. The average molecular weight is 425 g/mol. The zero-order chi connectivity index (χ0) is 21.7. The van der Waals surface area contributed by atoms with Crippen LogP contribution in [0.1, 0.15) is 12.5 Å². The van der Waals surface area contributed by atoms with Gasteiger partial charge >= 0.3 is 0 Å². The number of ether oxygens (including phenoxy) is 3. The molecule has 0 atom stereocenters. The summed E-state index contributed by atoms with van der Waals surface area (Å²) in [5, 5.41) is 0.410. The lowest BCUT2D eigenvalue weighted by atomic mass is 10.1. The van der Waals surface area contributed by atoms with Gasteiger partial charge in [-0.2, -0.15) is 0 Å². The SMILES string of the molecule is C=CCOc1ccc(/C=C2/C(=O)N(c3ccc(OCC)cc3)C(=S)N2C)cc1OC. The lowest BCUT2D eigenvalue weighted by Crippen LogP contribution is -2.31. The molecule has 1 saturated heterocycles. The summed E-state index contributed by atoms with van der Waals surface area (Å²) in [6.07, 6.45) is 3.45. The van der Waals surface area contributed by atoms with Crippen LogP contribution < -0.4 is 19.1 Å². The summed E-state index contributed by atoms with van der Waals surface area (Å²) in [6.45, 7) is 6.53. The van der Waals surface area contributed by atoms with Crippen molar-refractivity contribution < 1.29 is 19.0 Å². The number of rotatable bonds is 8. The molecule has 1 aliphatic rings. The molecule has 0 unspecified atom stereocenters. The van der Waals surface area contributed by atoms with E-state index < -0.39 is 0 Å². The molecule has 1 aliphatic heterocycles. The van der Waals surface area contributed by atoms with E-state index in [2.05, 4.69) is 6.58 Å². The molecule has 0 aromatic heterocycles. The number of hydrogen-bond acceptors (Lipinski definition) is 5. The second kappa shape index (κ2) is 9.45. The van der Waals surface area contributed by atoms with Gasteiger partial charge in [-0.25, -0.2) is 0 Å². The number of likely N-dealkylation sites (N-methyl/N-ethyl adjacent to an activating group) is 1. The van der Waals surface area contributed by atoms with E-state index in [0.29, 0.717) is 41.2 Å². The fraction of sp³-hybridized carbons (Fsp3) is 0.217. The van der Waals surface area contributed by atoms with Gasteiger partial charge in [0.25, 0.3) is 5.91 Å². The van der Waals surface area contributed by atoms with Crippen LogP contribution in [0.25, 0.3) is 6.08 Å². The molecule has 2 aromatic carbocycles. The van der Waals surface area contributed by atoms with Crippen molar-refractivity contribution in [1.82, 2.24) is 4.90 Å². The van der Waals surface area contributed by atoms with Crippen LogP contribution in [0.4, 0.5) is 5.69 Å². The molecule has 1 amide bonds. The maximum Gasteiger partial charge on any atom is 0.281 e. The smallest absolute Gasteiger partial charge is 0.281 e. The highest BCUT2D eigenvalue weighted by atomic mass is 32.1. The molecule has 6 nitrogen and oxygen atoms in total. The Bertz CT molecular complexity index is 985. The Morgan fingerprint density at radius 3 is 2.47 bits per heavy atom. The van der Waals surface area contributed by atoms with Crippen molar-refractivity contribution in [2.75, 3.05) is 32.3 Å². The number of amides is 1. The first-order valence-corrected chi connectivity index (χ1v) is 9.89. The van der Waals surface area contributed by atoms with Gasteiger partial charge in [0.1, 0.15) is 18.1 Å². The normalized spacial score (nSPS) is 15.0. The van der Waals surface area contributed by atoms with E-state index in [1.54, 1.807) is 37.3 Å². The van der Waals surface area contributed by atoms with Crippen LogP contribution in [0.15, 0.2) is 60.8 Å². The molecule has 0 saturated carbocycles. The summed E-state index contributed by atoms with van der Waals surface area (Å²) >= 11 is 5.52. The van der Waals surface area contributed by atoms with Crippen LogP contribution in [0.2, 0.25) is 0 Å². The van der Waals surface area contributed by atoms with Crippen LogP contribution in [0.3, 0.4) is 0 Å². The van der Waals surface area contributed by atoms with E-state index in [0.717, 1.165) is 11.3 Å². The lowest BCUT2D eigenvalue weighted by molar-refractivity contribution is -0.114. The van der Waals surface area contributed by atoms with Crippen LogP contribution in [-0.4, -0.2) is 43.3 Å². The Kier molecular flexibility index (Phi) is 6.74. The summed E-state index contributed by atoms with van der Waals surface area (Å²) in [5.74, 6) is 1.73. The number of nitrogens with zero attached hydrogens (tertiary/aromatic N) is 2. The number of carbonyl (C=O) groups is 1. The number of hydrogen-bond donors (Lipinski definition) is 0. The molecule has 3 rings (SSSR count). The topological polar surface area (TPSA) is 51.2 Å². The molecular weight excluding hydrogens is 400 g/mol. The maximum absolute atomic E-state index is 13.1. The second-order valence-corrected chi connectivity index (χ2v) is 6.81. The molecular formula is C23H24N2O4S. The number of methoxy groups -OCH3 is 1. The van der Waals surface area contributed by atoms with Crippen molar-refractivity contribution in [1.29, 1.82) is 0 Å². The van der Waals surface area contributed by atoms with Gasteiger partial charge in [0.15, 0.2) is 16.6 Å². The summed E-state index contributed by atoms with van der Waals surface area (Å²) in [4.78, 5) is 16.3. The molecule has 2 aromatic rings. The average Bonchev–Trinajstić information content (AvgIpc) is 2.96. The zero-order valence-corrected chi connectivity index (χ0v) is 18.1. The van der Waals surface area contributed by atoms with Gasteiger partial charge in [-0.3, -0.25) is 9.69 Å². The summed E-state index contributed by atoms with van der Waals surface area (Å²) < 4.78 is 16.5. The van der Waals surface area contributed by atoms with Gasteiger partial charge in [0, 0.05) is 7.05 Å². The van der Waals surface area contributed by atoms with E-state index in [1.807, 2.05) is 43.3 Å². The van der Waals surface area contributed by atoms with Crippen molar-refractivity contribution >= 4 is 35.0 Å². The van der Waals surface area contributed by atoms with Crippen molar-refractivity contribution in [3.63, 3.8) is 0 Å². The summed E-state index contributed by atoms with van der Waals surface area (Å²) in [7, 11) is 3.35. The molecule has 1 fully saturated rings.